The monoisotopic (exact) mass is 426 g/mol. The summed E-state index contributed by atoms with van der Waals surface area (Å²) in [6.45, 7) is 5.62. The number of hydrogen-bond donors (Lipinski definition) is 1. The van der Waals surface area contributed by atoms with Crippen molar-refractivity contribution in [3.8, 4) is 11.3 Å². The van der Waals surface area contributed by atoms with Gasteiger partial charge in [-0.15, -0.1) is 0 Å². The Morgan fingerprint density at radius 3 is 2.68 bits per heavy atom. The Kier molecular flexibility index (Phi) is 5.50. The van der Waals surface area contributed by atoms with Crippen molar-refractivity contribution in [2.24, 2.45) is 0 Å². The quantitative estimate of drug-likeness (QED) is 0.648. The molecule has 6 nitrogen and oxygen atoms in total. The lowest BCUT2D eigenvalue weighted by atomic mass is 10.1. The minimum Gasteiger partial charge on any atom is -0.372 e. The molecule has 0 radical (unpaired) electrons. The fraction of sp³-hybridized carbons (Fsp3) is 0.227. The average molecular weight is 426 g/mol. The van der Waals surface area contributed by atoms with Crippen molar-refractivity contribution in [3.05, 3.63) is 73.1 Å². The van der Waals surface area contributed by atoms with E-state index < -0.39 is 11.7 Å². The molecule has 3 aromatic rings. The van der Waals surface area contributed by atoms with Crippen LogP contribution in [-0.2, 0) is 6.18 Å². The van der Waals surface area contributed by atoms with E-state index in [-0.39, 0.29) is 0 Å². The maximum absolute atomic E-state index is 13.1. The number of nitrogens with zero attached hydrogens (tertiary/aromatic N) is 5. The maximum atomic E-state index is 13.1. The molecule has 1 N–H and O–H groups in total. The summed E-state index contributed by atoms with van der Waals surface area (Å²) in [5.74, 6) is 1.23. The highest BCUT2D eigenvalue weighted by atomic mass is 19.4. The standard InChI is InChI=1S/C22H21F3N6/c1-15(28-18-5-3-8-26-14-18)31-10-4-9-30(2)20-7-6-19(29-21(20)31)16-11-17(13-27-12-16)22(23,24)25/h3,5-8,11-14,28H,1,4,9-10H2,2H3. The summed E-state index contributed by atoms with van der Waals surface area (Å²) in [6, 6.07) is 8.34. The molecule has 0 spiro atoms. The number of hydrogen-bond acceptors (Lipinski definition) is 6. The molecular formula is C22H21F3N6. The van der Waals surface area contributed by atoms with E-state index in [1.807, 2.05) is 30.1 Å². The molecule has 0 fully saturated rings. The Hall–Kier alpha value is -3.62. The highest BCUT2D eigenvalue weighted by molar-refractivity contribution is 5.75. The van der Waals surface area contributed by atoms with Crippen molar-refractivity contribution < 1.29 is 13.2 Å². The molecule has 0 aliphatic carbocycles. The molecule has 0 aromatic carbocycles. The van der Waals surface area contributed by atoms with Gasteiger partial charge in [0, 0.05) is 44.3 Å². The molecule has 0 unspecified atom stereocenters. The zero-order valence-electron chi connectivity index (χ0n) is 16.9. The van der Waals surface area contributed by atoms with E-state index >= 15 is 0 Å². The first-order valence-corrected chi connectivity index (χ1v) is 9.71. The number of fused-ring (bicyclic) bond motifs is 1. The summed E-state index contributed by atoms with van der Waals surface area (Å²) in [5.41, 5.74) is 1.56. The van der Waals surface area contributed by atoms with Crippen molar-refractivity contribution in [3.63, 3.8) is 0 Å². The molecule has 160 valence electrons. The number of aromatic nitrogens is 3. The molecule has 1 aliphatic rings. The van der Waals surface area contributed by atoms with Crippen LogP contribution in [0.3, 0.4) is 0 Å². The summed E-state index contributed by atoms with van der Waals surface area (Å²) in [5, 5.41) is 3.23. The van der Waals surface area contributed by atoms with Crippen LogP contribution in [0, 0.1) is 0 Å². The molecule has 31 heavy (non-hydrogen) atoms. The smallest absolute Gasteiger partial charge is 0.372 e. The Bertz CT molecular complexity index is 1080. The predicted octanol–water partition coefficient (Wildman–Crippen LogP) is 4.79. The van der Waals surface area contributed by atoms with Gasteiger partial charge in [-0.1, -0.05) is 6.58 Å². The Morgan fingerprint density at radius 2 is 1.94 bits per heavy atom. The van der Waals surface area contributed by atoms with E-state index in [4.69, 9.17) is 4.98 Å². The topological polar surface area (TPSA) is 57.2 Å². The Labute approximate surface area is 178 Å². The second-order valence-electron chi connectivity index (χ2n) is 7.24. The number of nitrogens with one attached hydrogen (secondary N) is 1. The number of rotatable bonds is 4. The van der Waals surface area contributed by atoms with Gasteiger partial charge in [0.05, 0.1) is 28.8 Å². The van der Waals surface area contributed by atoms with Crippen molar-refractivity contribution in [1.29, 1.82) is 0 Å². The first kappa shape index (κ1) is 20.6. The summed E-state index contributed by atoms with van der Waals surface area (Å²) in [6.07, 6.45) is 1.96. The van der Waals surface area contributed by atoms with Gasteiger partial charge in [0.15, 0.2) is 5.82 Å². The van der Waals surface area contributed by atoms with Crippen LogP contribution >= 0.6 is 0 Å². The Balaban J connectivity index is 1.73. The van der Waals surface area contributed by atoms with E-state index in [1.54, 1.807) is 18.5 Å². The van der Waals surface area contributed by atoms with Crippen LogP contribution in [-0.4, -0.2) is 35.1 Å². The molecule has 3 aromatic heterocycles. The average Bonchev–Trinajstić information content (AvgIpc) is 2.92. The lowest BCUT2D eigenvalue weighted by Gasteiger charge is -2.27. The van der Waals surface area contributed by atoms with Gasteiger partial charge in [0.1, 0.15) is 5.82 Å². The van der Waals surface area contributed by atoms with E-state index in [0.29, 0.717) is 29.4 Å². The zero-order valence-corrected chi connectivity index (χ0v) is 16.9. The third-order valence-corrected chi connectivity index (χ3v) is 5.03. The second-order valence-corrected chi connectivity index (χ2v) is 7.24. The summed E-state index contributed by atoms with van der Waals surface area (Å²) in [7, 11) is 1.97. The van der Waals surface area contributed by atoms with E-state index in [2.05, 4.69) is 26.8 Å². The van der Waals surface area contributed by atoms with Crippen molar-refractivity contribution in [1.82, 2.24) is 15.0 Å². The maximum Gasteiger partial charge on any atom is 0.417 e. The van der Waals surface area contributed by atoms with Crippen LogP contribution < -0.4 is 15.1 Å². The fourth-order valence-electron chi connectivity index (χ4n) is 3.46. The molecule has 4 heterocycles. The minimum absolute atomic E-state index is 0.301. The van der Waals surface area contributed by atoms with Crippen LogP contribution in [0.1, 0.15) is 12.0 Å². The summed E-state index contributed by atoms with van der Waals surface area (Å²) in [4.78, 5) is 16.6. The number of halogens is 3. The van der Waals surface area contributed by atoms with Crippen LogP contribution in [0.15, 0.2) is 67.5 Å². The Morgan fingerprint density at radius 1 is 1.10 bits per heavy atom. The van der Waals surface area contributed by atoms with Crippen LogP contribution in [0.4, 0.5) is 30.4 Å². The van der Waals surface area contributed by atoms with E-state index in [9.17, 15) is 13.2 Å². The first-order chi connectivity index (χ1) is 14.8. The molecule has 1 aliphatic heterocycles. The molecule has 0 saturated heterocycles. The van der Waals surface area contributed by atoms with E-state index in [0.717, 1.165) is 36.6 Å². The first-order valence-electron chi connectivity index (χ1n) is 9.71. The van der Waals surface area contributed by atoms with Crippen LogP contribution in [0.25, 0.3) is 11.3 Å². The predicted molar refractivity (Wildman–Crippen MR) is 115 cm³/mol. The molecular weight excluding hydrogens is 405 g/mol. The molecule has 0 amide bonds. The van der Waals surface area contributed by atoms with Crippen molar-refractivity contribution in [2.45, 2.75) is 12.6 Å². The highest BCUT2D eigenvalue weighted by Crippen LogP contribution is 2.36. The second kappa shape index (κ2) is 8.25. The van der Waals surface area contributed by atoms with Gasteiger partial charge in [-0.25, -0.2) is 4.98 Å². The molecule has 0 saturated carbocycles. The van der Waals surface area contributed by atoms with E-state index in [1.165, 1.54) is 6.20 Å². The third-order valence-electron chi connectivity index (χ3n) is 5.03. The molecule has 0 atom stereocenters. The summed E-state index contributed by atoms with van der Waals surface area (Å²) < 4.78 is 39.4. The normalized spacial score (nSPS) is 14.1. The molecule has 9 heteroatoms. The van der Waals surface area contributed by atoms with Gasteiger partial charge in [-0.2, -0.15) is 13.2 Å². The summed E-state index contributed by atoms with van der Waals surface area (Å²) >= 11 is 0. The van der Waals surface area contributed by atoms with Crippen molar-refractivity contribution in [2.75, 3.05) is 35.3 Å². The van der Waals surface area contributed by atoms with Crippen LogP contribution in [0.5, 0.6) is 0 Å². The van der Waals surface area contributed by atoms with Gasteiger partial charge in [0.2, 0.25) is 0 Å². The third kappa shape index (κ3) is 4.45. The lowest BCUT2D eigenvalue weighted by Crippen LogP contribution is -2.28. The SMILES string of the molecule is C=C(Nc1cccnc1)N1CCCN(C)c2ccc(-c3cncc(C(F)(F)F)c3)nc21. The van der Waals surface area contributed by atoms with Gasteiger partial charge >= 0.3 is 6.18 Å². The minimum atomic E-state index is -4.47. The number of pyridine rings is 3. The van der Waals surface area contributed by atoms with Gasteiger partial charge < -0.3 is 15.1 Å². The number of alkyl halides is 3. The fourth-order valence-corrected chi connectivity index (χ4v) is 3.46. The number of anilines is 3. The molecule has 0 bridgehead atoms. The van der Waals surface area contributed by atoms with Gasteiger partial charge in [-0.05, 0) is 36.8 Å². The molecule has 4 rings (SSSR count). The van der Waals surface area contributed by atoms with Gasteiger partial charge in [0.25, 0.3) is 0 Å². The lowest BCUT2D eigenvalue weighted by molar-refractivity contribution is -0.137. The largest absolute Gasteiger partial charge is 0.417 e. The van der Waals surface area contributed by atoms with Crippen molar-refractivity contribution >= 4 is 17.2 Å². The highest BCUT2D eigenvalue weighted by Gasteiger charge is 2.31. The van der Waals surface area contributed by atoms with Crippen LogP contribution in [0.2, 0.25) is 0 Å². The van der Waals surface area contributed by atoms with Gasteiger partial charge in [-0.3, -0.25) is 9.97 Å². The zero-order chi connectivity index (χ0) is 22.0.